The molecule has 3 rings (SSSR count). The molecule has 0 unspecified atom stereocenters. The lowest BCUT2D eigenvalue weighted by Gasteiger charge is -2.05. The van der Waals surface area contributed by atoms with Gasteiger partial charge >= 0.3 is 11.9 Å². The minimum Gasteiger partial charge on any atom is -0.465 e. The third-order valence-corrected chi connectivity index (χ3v) is 4.33. The maximum Gasteiger partial charge on any atom is 0.326 e. The molecule has 0 aliphatic rings. The number of rotatable bonds is 4. The number of carbonyl (C=O) groups is 2. The van der Waals surface area contributed by atoms with Crippen LogP contribution in [0.15, 0.2) is 33.8 Å². The number of aromatic nitrogens is 2. The van der Waals surface area contributed by atoms with E-state index in [2.05, 4.69) is 10.1 Å². The molecule has 130 valence electrons. The van der Waals surface area contributed by atoms with Crippen molar-refractivity contribution < 1.29 is 23.2 Å². The van der Waals surface area contributed by atoms with Crippen molar-refractivity contribution in [3.63, 3.8) is 0 Å². The van der Waals surface area contributed by atoms with E-state index in [0.29, 0.717) is 10.5 Å². The van der Waals surface area contributed by atoms with E-state index in [1.807, 2.05) is 0 Å². The lowest BCUT2D eigenvalue weighted by atomic mass is 10.3. The number of halogens is 1. The molecule has 0 atom stereocenters. The van der Waals surface area contributed by atoms with Crippen molar-refractivity contribution in [2.45, 2.75) is 20.4 Å². The van der Waals surface area contributed by atoms with E-state index in [0.717, 1.165) is 11.3 Å². The Labute approximate surface area is 145 Å². The second kappa shape index (κ2) is 6.98. The first-order valence-corrected chi connectivity index (χ1v) is 8.27. The van der Waals surface area contributed by atoms with Crippen LogP contribution in [0.3, 0.4) is 0 Å². The van der Waals surface area contributed by atoms with E-state index in [4.69, 9.17) is 9.26 Å². The molecule has 0 saturated carbocycles. The fourth-order valence-corrected chi connectivity index (χ4v) is 3.31. The molecule has 1 aromatic carbocycles. The summed E-state index contributed by atoms with van der Waals surface area (Å²) in [6.45, 7) is 3.28. The first kappa shape index (κ1) is 17.0. The highest BCUT2D eigenvalue weighted by molar-refractivity contribution is 7.16. The zero-order valence-corrected chi connectivity index (χ0v) is 14.3. The molecular formula is C16H14FN3O4S. The van der Waals surface area contributed by atoms with Gasteiger partial charge in [-0.05, 0) is 26.0 Å². The van der Waals surface area contributed by atoms with Gasteiger partial charge in [-0.3, -0.25) is 9.59 Å². The summed E-state index contributed by atoms with van der Waals surface area (Å²) < 4.78 is 25.9. The van der Waals surface area contributed by atoms with Gasteiger partial charge in [-0.2, -0.15) is 4.99 Å². The molecule has 0 fully saturated rings. The Morgan fingerprint density at radius 3 is 2.92 bits per heavy atom. The Morgan fingerprint density at radius 1 is 1.44 bits per heavy atom. The van der Waals surface area contributed by atoms with Gasteiger partial charge in [0.15, 0.2) is 10.5 Å². The van der Waals surface area contributed by atoms with Crippen molar-refractivity contribution in [1.82, 2.24) is 9.72 Å². The van der Waals surface area contributed by atoms with Crippen LogP contribution >= 0.6 is 11.3 Å². The summed E-state index contributed by atoms with van der Waals surface area (Å²) >= 11 is 1.10. The van der Waals surface area contributed by atoms with Crippen LogP contribution in [0, 0.1) is 12.7 Å². The van der Waals surface area contributed by atoms with E-state index in [-0.39, 0.29) is 29.2 Å². The number of hydrogen-bond acceptors (Lipinski definition) is 6. The number of aryl methyl sites for hydroxylation is 1. The van der Waals surface area contributed by atoms with Gasteiger partial charge in [0.05, 0.1) is 16.8 Å². The lowest BCUT2D eigenvalue weighted by molar-refractivity contribution is -0.143. The number of esters is 1. The third-order valence-electron chi connectivity index (χ3n) is 3.29. The minimum absolute atomic E-state index is 0.0399. The molecule has 0 N–H and O–H groups in total. The van der Waals surface area contributed by atoms with E-state index < -0.39 is 17.7 Å². The maximum atomic E-state index is 14.2. The number of thiazole rings is 1. The van der Waals surface area contributed by atoms with Crippen LogP contribution in [0.2, 0.25) is 0 Å². The van der Waals surface area contributed by atoms with Crippen LogP contribution < -0.4 is 4.80 Å². The summed E-state index contributed by atoms with van der Waals surface area (Å²) in [6, 6.07) is 5.97. The Kier molecular flexibility index (Phi) is 4.75. The van der Waals surface area contributed by atoms with Crippen molar-refractivity contribution in [2.75, 3.05) is 6.61 Å². The van der Waals surface area contributed by atoms with Crippen LogP contribution in [0.25, 0.3) is 10.2 Å². The van der Waals surface area contributed by atoms with Gasteiger partial charge < -0.3 is 13.8 Å². The van der Waals surface area contributed by atoms with Crippen molar-refractivity contribution in [1.29, 1.82) is 0 Å². The highest BCUT2D eigenvalue weighted by atomic mass is 32.1. The van der Waals surface area contributed by atoms with E-state index in [9.17, 15) is 14.0 Å². The van der Waals surface area contributed by atoms with Crippen LogP contribution in [0.5, 0.6) is 0 Å². The number of benzene rings is 1. The molecule has 0 bridgehead atoms. The SMILES string of the molecule is CCOC(=O)Cn1c(=NC(=O)c2cc(C)on2)sc2cccc(F)c21. The predicted molar refractivity (Wildman–Crippen MR) is 87.5 cm³/mol. The summed E-state index contributed by atoms with van der Waals surface area (Å²) in [6.07, 6.45) is 0. The minimum atomic E-state index is -0.638. The molecule has 0 radical (unpaired) electrons. The fourth-order valence-electron chi connectivity index (χ4n) is 2.27. The van der Waals surface area contributed by atoms with Gasteiger partial charge in [-0.1, -0.05) is 22.6 Å². The number of carbonyl (C=O) groups excluding carboxylic acids is 2. The van der Waals surface area contributed by atoms with Crippen LogP contribution in [0.1, 0.15) is 23.2 Å². The maximum absolute atomic E-state index is 14.2. The Balaban J connectivity index is 2.13. The highest BCUT2D eigenvalue weighted by Crippen LogP contribution is 2.20. The molecule has 3 aromatic rings. The first-order valence-electron chi connectivity index (χ1n) is 7.45. The van der Waals surface area contributed by atoms with E-state index >= 15 is 0 Å². The summed E-state index contributed by atoms with van der Waals surface area (Å²) in [7, 11) is 0. The molecule has 0 aliphatic carbocycles. The summed E-state index contributed by atoms with van der Waals surface area (Å²) in [4.78, 5) is 28.3. The van der Waals surface area contributed by atoms with Gasteiger partial charge in [-0.25, -0.2) is 4.39 Å². The van der Waals surface area contributed by atoms with Crippen molar-refractivity contribution >= 4 is 33.4 Å². The Morgan fingerprint density at radius 2 is 2.24 bits per heavy atom. The smallest absolute Gasteiger partial charge is 0.326 e. The fraction of sp³-hybridized carbons (Fsp3) is 0.250. The lowest BCUT2D eigenvalue weighted by Crippen LogP contribution is -2.23. The zero-order chi connectivity index (χ0) is 18.0. The third kappa shape index (κ3) is 3.50. The molecule has 7 nitrogen and oxygen atoms in total. The largest absolute Gasteiger partial charge is 0.465 e. The molecule has 25 heavy (non-hydrogen) atoms. The van der Waals surface area contributed by atoms with E-state index in [1.54, 1.807) is 26.0 Å². The molecule has 2 aromatic heterocycles. The zero-order valence-electron chi connectivity index (χ0n) is 13.5. The topological polar surface area (TPSA) is 86.7 Å². The molecule has 0 saturated heterocycles. The van der Waals surface area contributed by atoms with Gasteiger partial charge in [0.2, 0.25) is 0 Å². The molecule has 2 heterocycles. The molecule has 0 aliphatic heterocycles. The summed E-state index contributed by atoms with van der Waals surface area (Å²) in [5, 5.41) is 3.61. The molecular weight excluding hydrogens is 349 g/mol. The number of nitrogens with zero attached hydrogens (tertiary/aromatic N) is 3. The van der Waals surface area contributed by atoms with Gasteiger partial charge in [0.25, 0.3) is 0 Å². The van der Waals surface area contributed by atoms with Gasteiger partial charge in [0.1, 0.15) is 18.1 Å². The predicted octanol–water partition coefficient (Wildman–Crippen LogP) is 2.44. The molecule has 9 heteroatoms. The average molecular weight is 363 g/mol. The van der Waals surface area contributed by atoms with Crippen LogP contribution in [-0.2, 0) is 16.1 Å². The number of ether oxygens (including phenoxy) is 1. The number of para-hydroxylation sites is 1. The average Bonchev–Trinajstić information content (AvgIpc) is 3.13. The highest BCUT2D eigenvalue weighted by Gasteiger charge is 2.16. The second-order valence-corrected chi connectivity index (χ2v) is 6.11. The summed E-state index contributed by atoms with van der Waals surface area (Å²) in [5.74, 6) is -1.22. The normalized spacial score (nSPS) is 11.9. The quantitative estimate of drug-likeness (QED) is 0.665. The monoisotopic (exact) mass is 363 g/mol. The molecule has 0 spiro atoms. The first-order chi connectivity index (χ1) is 12.0. The number of hydrogen-bond donors (Lipinski definition) is 0. The van der Waals surface area contributed by atoms with Gasteiger partial charge in [-0.15, -0.1) is 0 Å². The van der Waals surface area contributed by atoms with Crippen molar-refractivity contribution in [3.8, 4) is 0 Å². The van der Waals surface area contributed by atoms with Crippen molar-refractivity contribution in [2.24, 2.45) is 4.99 Å². The van der Waals surface area contributed by atoms with E-state index in [1.165, 1.54) is 16.7 Å². The number of fused-ring (bicyclic) bond motifs is 1. The van der Waals surface area contributed by atoms with Crippen LogP contribution in [0.4, 0.5) is 4.39 Å². The second-order valence-electron chi connectivity index (χ2n) is 5.10. The number of amides is 1. The Bertz CT molecular complexity index is 1020. The van der Waals surface area contributed by atoms with Crippen molar-refractivity contribution in [3.05, 3.63) is 46.3 Å². The Hall–Kier alpha value is -2.81. The van der Waals surface area contributed by atoms with Crippen LogP contribution in [-0.4, -0.2) is 28.2 Å². The van der Waals surface area contributed by atoms with Gasteiger partial charge in [0, 0.05) is 6.07 Å². The molecule has 1 amide bonds. The summed E-state index contributed by atoms with van der Waals surface area (Å²) in [5.41, 5.74) is 0.238. The standard InChI is InChI=1S/C16H14FN3O4S/c1-3-23-13(21)8-20-14-10(17)5-4-6-12(14)25-16(20)18-15(22)11-7-9(2)24-19-11/h4-7H,3,8H2,1-2H3.